The van der Waals surface area contributed by atoms with E-state index in [4.69, 9.17) is 5.73 Å². The van der Waals surface area contributed by atoms with Crippen molar-refractivity contribution in [3.8, 4) is 5.75 Å². The van der Waals surface area contributed by atoms with Crippen molar-refractivity contribution < 1.29 is 9.90 Å². The topological polar surface area (TPSA) is 66.6 Å². The van der Waals surface area contributed by atoms with Crippen LogP contribution in [0.15, 0.2) is 24.3 Å². The highest BCUT2D eigenvalue weighted by molar-refractivity contribution is 5.97. The molecule has 1 aromatic rings. The number of rotatable bonds is 5. The summed E-state index contributed by atoms with van der Waals surface area (Å²) in [6.07, 6.45) is 4.10. The van der Waals surface area contributed by atoms with E-state index < -0.39 is 0 Å². The SMILES string of the molecule is NCCCN(C(=O)c1ccccc1O)C1CCC1. The number of hydrogen-bond donors (Lipinski definition) is 2. The zero-order chi connectivity index (χ0) is 13.0. The molecular formula is C14H20N2O2. The molecule has 0 heterocycles. The number of phenolic OH excluding ortho intramolecular Hbond substituents is 1. The van der Waals surface area contributed by atoms with Crippen molar-refractivity contribution in [1.82, 2.24) is 4.90 Å². The van der Waals surface area contributed by atoms with Crippen LogP contribution in [-0.4, -0.2) is 35.0 Å². The molecule has 4 heteroatoms. The maximum Gasteiger partial charge on any atom is 0.257 e. The van der Waals surface area contributed by atoms with Gasteiger partial charge in [-0.3, -0.25) is 4.79 Å². The quantitative estimate of drug-likeness (QED) is 0.834. The Morgan fingerprint density at radius 1 is 1.39 bits per heavy atom. The fraction of sp³-hybridized carbons (Fsp3) is 0.500. The largest absolute Gasteiger partial charge is 0.507 e. The summed E-state index contributed by atoms with van der Waals surface area (Å²) in [6, 6.07) is 7.04. The van der Waals surface area contributed by atoms with Crippen molar-refractivity contribution in [2.24, 2.45) is 5.73 Å². The van der Waals surface area contributed by atoms with Gasteiger partial charge in [0.05, 0.1) is 5.56 Å². The molecule has 0 saturated heterocycles. The van der Waals surface area contributed by atoms with E-state index in [1.807, 2.05) is 4.90 Å². The molecule has 0 atom stereocenters. The first-order valence-corrected chi connectivity index (χ1v) is 6.53. The van der Waals surface area contributed by atoms with Gasteiger partial charge in [-0.15, -0.1) is 0 Å². The van der Waals surface area contributed by atoms with E-state index in [0.29, 0.717) is 24.7 Å². The molecule has 1 saturated carbocycles. The number of carbonyl (C=O) groups excluding carboxylic acids is 1. The number of phenols is 1. The Labute approximate surface area is 107 Å². The van der Waals surface area contributed by atoms with Crippen LogP contribution in [0, 0.1) is 0 Å². The number of para-hydroxylation sites is 1. The second-order valence-electron chi connectivity index (χ2n) is 4.74. The van der Waals surface area contributed by atoms with Crippen LogP contribution < -0.4 is 5.73 Å². The molecule has 0 unspecified atom stereocenters. The smallest absolute Gasteiger partial charge is 0.257 e. The summed E-state index contributed by atoms with van der Waals surface area (Å²) >= 11 is 0. The molecule has 18 heavy (non-hydrogen) atoms. The summed E-state index contributed by atoms with van der Waals surface area (Å²) in [7, 11) is 0. The molecule has 4 nitrogen and oxygen atoms in total. The average Bonchev–Trinajstić information content (AvgIpc) is 2.32. The van der Waals surface area contributed by atoms with Gasteiger partial charge in [-0.1, -0.05) is 12.1 Å². The summed E-state index contributed by atoms with van der Waals surface area (Å²) in [5, 5.41) is 9.76. The number of hydrogen-bond acceptors (Lipinski definition) is 3. The van der Waals surface area contributed by atoms with Gasteiger partial charge in [0.2, 0.25) is 0 Å². The summed E-state index contributed by atoms with van der Waals surface area (Å²) in [5.74, 6) is -0.0224. The van der Waals surface area contributed by atoms with Gasteiger partial charge in [-0.05, 0) is 44.4 Å². The lowest BCUT2D eigenvalue weighted by atomic mass is 9.90. The van der Waals surface area contributed by atoms with Crippen LogP contribution in [-0.2, 0) is 0 Å². The highest BCUT2D eigenvalue weighted by atomic mass is 16.3. The van der Waals surface area contributed by atoms with Crippen LogP contribution in [0.5, 0.6) is 5.75 Å². The number of carbonyl (C=O) groups is 1. The number of aromatic hydroxyl groups is 1. The molecule has 1 fully saturated rings. The lowest BCUT2D eigenvalue weighted by Gasteiger charge is -2.37. The second-order valence-corrected chi connectivity index (χ2v) is 4.74. The van der Waals surface area contributed by atoms with Gasteiger partial charge in [0, 0.05) is 12.6 Å². The fourth-order valence-corrected chi connectivity index (χ4v) is 2.22. The Morgan fingerprint density at radius 3 is 2.67 bits per heavy atom. The molecule has 0 aliphatic heterocycles. The zero-order valence-corrected chi connectivity index (χ0v) is 10.5. The normalized spacial score (nSPS) is 15.2. The van der Waals surface area contributed by atoms with Crippen molar-refractivity contribution in [2.45, 2.75) is 31.7 Å². The monoisotopic (exact) mass is 248 g/mol. The van der Waals surface area contributed by atoms with E-state index in [1.165, 1.54) is 6.42 Å². The second kappa shape index (κ2) is 5.87. The third kappa shape index (κ3) is 2.64. The van der Waals surface area contributed by atoms with Gasteiger partial charge in [-0.2, -0.15) is 0 Å². The minimum absolute atomic E-state index is 0.0552. The van der Waals surface area contributed by atoms with Crippen LogP contribution in [0.3, 0.4) is 0 Å². The predicted octanol–water partition coefficient (Wildman–Crippen LogP) is 1.74. The molecule has 0 aromatic heterocycles. The Kier molecular flexibility index (Phi) is 4.20. The van der Waals surface area contributed by atoms with Crippen molar-refractivity contribution in [3.05, 3.63) is 29.8 Å². The van der Waals surface area contributed by atoms with E-state index in [-0.39, 0.29) is 11.7 Å². The van der Waals surface area contributed by atoms with Gasteiger partial charge in [0.25, 0.3) is 5.91 Å². The Bertz CT molecular complexity index is 416. The van der Waals surface area contributed by atoms with Crippen LogP contribution in [0.1, 0.15) is 36.0 Å². The number of nitrogens with zero attached hydrogens (tertiary/aromatic N) is 1. The number of amides is 1. The van der Waals surface area contributed by atoms with Crippen molar-refractivity contribution in [2.75, 3.05) is 13.1 Å². The van der Waals surface area contributed by atoms with E-state index >= 15 is 0 Å². The first-order chi connectivity index (χ1) is 8.74. The van der Waals surface area contributed by atoms with E-state index in [1.54, 1.807) is 24.3 Å². The maximum absolute atomic E-state index is 12.4. The van der Waals surface area contributed by atoms with Gasteiger partial charge >= 0.3 is 0 Å². The molecule has 1 aromatic carbocycles. The highest BCUT2D eigenvalue weighted by Gasteiger charge is 2.29. The van der Waals surface area contributed by atoms with Crippen LogP contribution in [0.2, 0.25) is 0 Å². The van der Waals surface area contributed by atoms with Gasteiger partial charge in [0.15, 0.2) is 0 Å². The molecule has 98 valence electrons. The Hall–Kier alpha value is -1.55. The van der Waals surface area contributed by atoms with Crippen molar-refractivity contribution in [1.29, 1.82) is 0 Å². The molecular weight excluding hydrogens is 228 g/mol. The molecule has 2 rings (SSSR count). The van der Waals surface area contributed by atoms with Crippen molar-refractivity contribution in [3.63, 3.8) is 0 Å². The third-order valence-corrected chi connectivity index (χ3v) is 3.51. The van der Waals surface area contributed by atoms with Crippen LogP contribution in [0.25, 0.3) is 0 Å². The zero-order valence-electron chi connectivity index (χ0n) is 10.5. The molecule has 1 amide bonds. The molecule has 0 radical (unpaired) electrons. The average molecular weight is 248 g/mol. The van der Waals surface area contributed by atoms with E-state index in [9.17, 15) is 9.90 Å². The standard InChI is InChI=1S/C14H20N2O2/c15-9-4-10-16(11-5-3-6-11)14(18)12-7-1-2-8-13(12)17/h1-2,7-8,11,17H,3-6,9-10,15H2. The minimum atomic E-state index is -0.0775. The summed E-state index contributed by atoms with van der Waals surface area (Å²) < 4.78 is 0. The number of benzene rings is 1. The maximum atomic E-state index is 12.4. The van der Waals surface area contributed by atoms with Gasteiger partial charge < -0.3 is 15.7 Å². The first kappa shape index (κ1) is 12.9. The lowest BCUT2D eigenvalue weighted by Crippen LogP contribution is -2.45. The predicted molar refractivity (Wildman–Crippen MR) is 70.5 cm³/mol. The molecule has 1 aliphatic rings. The molecule has 0 spiro atoms. The Balaban J connectivity index is 2.14. The molecule has 1 aliphatic carbocycles. The van der Waals surface area contributed by atoms with Crippen LogP contribution in [0.4, 0.5) is 0 Å². The lowest BCUT2D eigenvalue weighted by molar-refractivity contribution is 0.0575. The fourth-order valence-electron chi connectivity index (χ4n) is 2.22. The van der Waals surface area contributed by atoms with E-state index in [0.717, 1.165) is 19.3 Å². The molecule has 0 bridgehead atoms. The first-order valence-electron chi connectivity index (χ1n) is 6.53. The summed E-state index contributed by atoms with van der Waals surface area (Å²) in [5.41, 5.74) is 5.91. The van der Waals surface area contributed by atoms with Gasteiger partial charge in [-0.25, -0.2) is 0 Å². The minimum Gasteiger partial charge on any atom is -0.507 e. The number of nitrogens with two attached hydrogens (primary N) is 1. The third-order valence-electron chi connectivity index (χ3n) is 3.51. The summed E-state index contributed by atoms with van der Waals surface area (Å²) in [4.78, 5) is 14.3. The van der Waals surface area contributed by atoms with Gasteiger partial charge in [0.1, 0.15) is 5.75 Å². The molecule has 3 N–H and O–H groups in total. The Morgan fingerprint density at radius 2 is 2.11 bits per heavy atom. The summed E-state index contributed by atoms with van der Waals surface area (Å²) in [6.45, 7) is 1.26. The van der Waals surface area contributed by atoms with Crippen LogP contribution >= 0.6 is 0 Å². The highest BCUT2D eigenvalue weighted by Crippen LogP contribution is 2.28. The van der Waals surface area contributed by atoms with Crippen molar-refractivity contribution >= 4 is 5.91 Å². The van der Waals surface area contributed by atoms with E-state index in [2.05, 4.69) is 0 Å².